The Morgan fingerprint density at radius 2 is 0.875 bits per heavy atom. The van der Waals surface area contributed by atoms with Crippen molar-refractivity contribution in [1.82, 2.24) is 0 Å². The van der Waals surface area contributed by atoms with E-state index >= 15 is 0 Å². The monoisotopic (exact) mass is 516 g/mol. The third-order valence-electron chi connectivity index (χ3n) is 3.04. The Balaban J connectivity index is 0.000000522. The molecule has 0 aliphatic rings. The molecule has 0 N–H and O–H groups in total. The molecular formula is C21H20AuOP. The van der Waals surface area contributed by atoms with Crippen LogP contribution >= 0.6 is 7.92 Å². The van der Waals surface area contributed by atoms with Crippen LogP contribution in [0.15, 0.2) is 91.0 Å². The zero-order valence-electron chi connectivity index (χ0n) is 13.5. The smallest absolute Gasteiger partial charge is 0.340 e. The van der Waals surface area contributed by atoms with Gasteiger partial charge in [-0.2, -0.15) is 0 Å². The van der Waals surface area contributed by atoms with Gasteiger partial charge in [0.1, 0.15) is 0 Å². The van der Waals surface area contributed by atoms with Crippen LogP contribution in [0.5, 0.6) is 0 Å². The fraction of sp³-hybridized carbons (Fsp3) is 0.0476. The molecule has 0 amide bonds. The summed E-state index contributed by atoms with van der Waals surface area (Å²) < 4.78 is 0. The minimum absolute atomic E-state index is 0. The molecule has 0 aromatic heterocycles. The molecule has 0 spiro atoms. The van der Waals surface area contributed by atoms with E-state index in [-0.39, 0.29) is 28.2 Å². The number of ketones is 1. The van der Waals surface area contributed by atoms with E-state index in [0.29, 0.717) is 0 Å². The van der Waals surface area contributed by atoms with Crippen LogP contribution in [0.2, 0.25) is 0 Å². The van der Waals surface area contributed by atoms with Crippen molar-refractivity contribution in [3.8, 4) is 0 Å². The Kier molecular flexibility index (Phi) is 9.37. The van der Waals surface area contributed by atoms with Gasteiger partial charge in [-0.1, -0.05) is 91.0 Å². The Labute approximate surface area is 161 Å². The van der Waals surface area contributed by atoms with Crippen LogP contribution in [-0.2, 0) is 27.2 Å². The fourth-order valence-corrected chi connectivity index (χ4v) is 4.48. The molecule has 0 atom stereocenters. The van der Waals surface area contributed by atoms with Gasteiger partial charge in [-0.3, -0.25) is 0 Å². The molecule has 0 saturated heterocycles. The summed E-state index contributed by atoms with van der Waals surface area (Å²) in [7, 11) is -0.446. The van der Waals surface area contributed by atoms with E-state index in [9.17, 15) is 4.79 Å². The molecule has 3 aromatic carbocycles. The number of hydrogen-bond donors (Lipinski definition) is 0. The van der Waals surface area contributed by atoms with E-state index in [4.69, 9.17) is 0 Å². The minimum Gasteiger partial charge on any atom is -0.340 e. The van der Waals surface area contributed by atoms with Crippen LogP contribution in [0.4, 0.5) is 0 Å². The molecule has 24 heavy (non-hydrogen) atoms. The van der Waals surface area contributed by atoms with Crippen molar-refractivity contribution < 1.29 is 27.2 Å². The molecule has 0 heterocycles. The summed E-state index contributed by atoms with van der Waals surface area (Å²) in [5.74, 6) is -0.0833. The number of Topliss-reactive ketones (excluding diaryl/α,β-unsaturated/α-hetero) is 1. The molecule has 0 radical (unpaired) electrons. The maximum Gasteiger partial charge on any atom is 1.00 e. The molecule has 0 unspecified atom stereocenters. The van der Waals surface area contributed by atoms with Crippen LogP contribution < -0.4 is 15.9 Å². The van der Waals surface area contributed by atoms with Crippen LogP contribution in [0.1, 0.15) is 6.92 Å². The first-order chi connectivity index (χ1) is 11.2. The molecule has 0 aliphatic heterocycles. The largest absolute Gasteiger partial charge is 1.00 e. The predicted molar refractivity (Wildman–Crippen MR) is 101 cm³/mol. The van der Waals surface area contributed by atoms with Crippen LogP contribution in [0, 0.1) is 6.92 Å². The summed E-state index contributed by atoms with van der Waals surface area (Å²) >= 11 is 0. The van der Waals surface area contributed by atoms with Gasteiger partial charge in [-0.15, -0.1) is 0 Å². The maximum absolute atomic E-state index is 9.33. The zero-order valence-corrected chi connectivity index (χ0v) is 16.6. The number of hydrogen-bond acceptors (Lipinski definition) is 1. The predicted octanol–water partition coefficient (Wildman–Crippen LogP) is 3.85. The number of rotatable bonds is 3. The molecule has 0 fully saturated rings. The maximum atomic E-state index is 9.33. The number of carbonyl (C=O) groups excluding carboxylic acids is 1. The summed E-state index contributed by atoms with van der Waals surface area (Å²) in [5, 5.41) is 4.19. The van der Waals surface area contributed by atoms with E-state index < -0.39 is 7.92 Å². The van der Waals surface area contributed by atoms with Gasteiger partial charge in [0.05, 0.1) is 0 Å². The second-order valence-electron chi connectivity index (χ2n) is 5.04. The van der Waals surface area contributed by atoms with Gasteiger partial charge in [0.15, 0.2) is 0 Å². The van der Waals surface area contributed by atoms with E-state index in [0.717, 1.165) is 0 Å². The second kappa shape index (κ2) is 11.0. The van der Waals surface area contributed by atoms with Crippen molar-refractivity contribution in [3.63, 3.8) is 0 Å². The van der Waals surface area contributed by atoms with Crippen molar-refractivity contribution in [2.75, 3.05) is 0 Å². The van der Waals surface area contributed by atoms with E-state index in [1.165, 1.54) is 22.8 Å². The Morgan fingerprint density at radius 3 is 1.08 bits per heavy atom. The molecule has 0 aliphatic carbocycles. The molecular weight excluding hydrogens is 496 g/mol. The summed E-state index contributed by atoms with van der Waals surface area (Å²) in [6.07, 6.45) is 0. The van der Waals surface area contributed by atoms with Crippen LogP contribution in [0.3, 0.4) is 0 Å². The van der Waals surface area contributed by atoms with Crippen molar-refractivity contribution in [2.45, 2.75) is 6.92 Å². The first kappa shape index (κ1) is 20.4. The molecule has 3 rings (SSSR count). The number of benzene rings is 3. The van der Waals surface area contributed by atoms with Crippen LogP contribution in [-0.4, -0.2) is 5.78 Å². The van der Waals surface area contributed by atoms with Gasteiger partial charge in [-0.25, -0.2) is 0 Å². The number of carbonyl (C=O) groups is 1. The Hall–Kier alpha value is -1.63. The van der Waals surface area contributed by atoms with E-state index in [2.05, 4.69) is 97.9 Å². The Bertz CT molecular complexity index is 617. The van der Waals surface area contributed by atoms with Gasteiger partial charge >= 0.3 is 22.4 Å². The quantitative estimate of drug-likeness (QED) is 0.294. The molecule has 3 aromatic rings. The van der Waals surface area contributed by atoms with Crippen molar-refractivity contribution in [3.05, 3.63) is 97.9 Å². The molecule has 126 valence electrons. The first-order valence-electron chi connectivity index (χ1n) is 7.46. The van der Waals surface area contributed by atoms with Crippen molar-refractivity contribution >= 4 is 29.6 Å². The van der Waals surface area contributed by atoms with Crippen LogP contribution in [0.25, 0.3) is 0 Å². The molecule has 0 bridgehead atoms. The normalized spacial score (nSPS) is 9.42. The fourth-order valence-electron chi connectivity index (χ4n) is 2.18. The van der Waals surface area contributed by atoms with Gasteiger partial charge in [-0.05, 0) is 36.5 Å². The topological polar surface area (TPSA) is 17.1 Å². The third kappa shape index (κ3) is 6.47. The summed E-state index contributed by atoms with van der Waals surface area (Å²) in [4.78, 5) is 9.33. The van der Waals surface area contributed by atoms with Gasteiger partial charge in [0.25, 0.3) is 0 Å². The third-order valence-corrected chi connectivity index (χ3v) is 5.49. The standard InChI is InChI=1S/C18H15P.C3H5O.Au/c1-4-10-16(11-5-1)19(17-12-6-2-7-13-17)18-14-8-3-9-15-18;1-3(2)4;/h1-15H;1H2,2H3;/q;-1;+1. The van der Waals surface area contributed by atoms with Crippen molar-refractivity contribution in [2.24, 2.45) is 0 Å². The summed E-state index contributed by atoms with van der Waals surface area (Å²) in [6, 6.07) is 32.3. The first-order valence-corrected chi connectivity index (χ1v) is 8.80. The molecule has 3 heteroatoms. The van der Waals surface area contributed by atoms with E-state index in [1.54, 1.807) is 0 Å². The zero-order chi connectivity index (χ0) is 16.5. The van der Waals surface area contributed by atoms with Gasteiger partial charge < -0.3 is 11.7 Å². The van der Waals surface area contributed by atoms with E-state index in [1.807, 2.05) is 0 Å². The Morgan fingerprint density at radius 1 is 0.667 bits per heavy atom. The minimum atomic E-state index is -0.446. The SMILES string of the molecule is [Au+].[CH2-]C(C)=O.c1ccc(P(c2ccccc2)c2ccccc2)cc1. The average molecular weight is 516 g/mol. The van der Waals surface area contributed by atoms with Gasteiger partial charge in [0.2, 0.25) is 0 Å². The summed E-state index contributed by atoms with van der Waals surface area (Å²) in [6.45, 7) is 4.42. The average Bonchev–Trinajstić information content (AvgIpc) is 2.58. The summed E-state index contributed by atoms with van der Waals surface area (Å²) in [5.41, 5.74) is 0. The van der Waals surface area contributed by atoms with Gasteiger partial charge in [0, 0.05) is 0 Å². The second-order valence-corrected chi connectivity index (χ2v) is 7.26. The molecule has 0 saturated carbocycles. The molecule has 1 nitrogen and oxygen atoms in total. The van der Waals surface area contributed by atoms with Crippen molar-refractivity contribution in [1.29, 1.82) is 0 Å².